The lowest BCUT2D eigenvalue weighted by atomic mass is 10.0. The molecule has 3 aromatic carbocycles. The Morgan fingerprint density at radius 1 is 0.694 bits per heavy atom. The molecule has 0 saturated carbocycles. The lowest BCUT2D eigenvalue weighted by Crippen LogP contribution is -2.59. The zero-order valence-electron chi connectivity index (χ0n) is 19.0. The Hall–Kier alpha value is -3.66. The second-order valence-electron chi connectivity index (χ2n) is 7.99. The molecule has 1 saturated heterocycles. The van der Waals surface area contributed by atoms with Crippen molar-refractivity contribution in [3.63, 3.8) is 0 Å². The predicted molar refractivity (Wildman–Crippen MR) is 132 cm³/mol. The first-order valence-electron chi connectivity index (χ1n) is 11.2. The molecule has 4 rings (SSSR count). The van der Waals surface area contributed by atoms with Crippen molar-refractivity contribution in [2.24, 2.45) is 0 Å². The summed E-state index contributed by atoms with van der Waals surface area (Å²) in [6.45, 7) is -0.280. The molecule has 1 heterocycles. The highest BCUT2D eigenvalue weighted by molar-refractivity contribution is 7.81. The van der Waals surface area contributed by atoms with E-state index in [1.807, 2.05) is 0 Å². The van der Waals surface area contributed by atoms with Gasteiger partial charge in [0.2, 0.25) is 0 Å². The van der Waals surface area contributed by atoms with E-state index in [0.29, 0.717) is 5.56 Å². The molecule has 1 aliphatic heterocycles. The molecule has 36 heavy (non-hydrogen) atoms. The molecular weight excluding hydrogens is 484 g/mol. The zero-order valence-corrected chi connectivity index (χ0v) is 19.9. The number of esters is 3. The van der Waals surface area contributed by atoms with Crippen LogP contribution < -0.4 is 0 Å². The first kappa shape index (κ1) is 25.4. The standard InChI is InChI=1S/C27H24O8S/c28-24(17-10-4-1-5-11-17)32-16-20-23(36)21(34-25(29)18-12-6-2-7-13-18)22(27(31)33-20)35-26(30)19-14-8-3-9-15-19/h1-15,20-23,27,31,36H,16H2/t20-,21-,22-,23-,27+/m1/s1. The Morgan fingerprint density at radius 2 is 1.11 bits per heavy atom. The van der Waals surface area contributed by atoms with E-state index >= 15 is 0 Å². The van der Waals surface area contributed by atoms with Gasteiger partial charge in [-0.1, -0.05) is 54.6 Å². The number of hydrogen-bond acceptors (Lipinski definition) is 9. The van der Waals surface area contributed by atoms with Crippen LogP contribution in [-0.4, -0.2) is 59.5 Å². The molecular formula is C27H24O8S. The fourth-order valence-corrected chi connectivity index (χ4v) is 4.04. The lowest BCUT2D eigenvalue weighted by Gasteiger charge is -2.41. The summed E-state index contributed by atoms with van der Waals surface area (Å²) in [4.78, 5) is 37.9. The summed E-state index contributed by atoms with van der Waals surface area (Å²) in [7, 11) is 0. The Morgan fingerprint density at radius 3 is 1.58 bits per heavy atom. The van der Waals surface area contributed by atoms with E-state index in [1.54, 1.807) is 91.0 Å². The van der Waals surface area contributed by atoms with Crippen LogP contribution in [0, 0.1) is 0 Å². The van der Waals surface area contributed by atoms with E-state index in [1.165, 1.54) is 0 Å². The zero-order chi connectivity index (χ0) is 25.5. The molecule has 5 atom stereocenters. The minimum atomic E-state index is -1.67. The molecule has 0 unspecified atom stereocenters. The van der Waals surface area contributed by atoms with Crippen LogP contribution in [0.1, 0.15) is 31.1 Å². The molecule has 0 amide bonds. The van der Waals surface area contributed by atoms with Gasteiger partial charge in [-0.25, -0.2) is 14.4 Å². The quantitative estimate of drug-likeness (QED) is 0.284. The van der Waals surface area contributed by atoms with Crippen LogP contribution in [0.4, 0.5) is 0 Å². The maximum absolute atomic E-state index is 12.8. The van der Waals surface area contributed by atoms with Crippen LogP contribution >= 0.6 is 12.6 Å². The molecule has 3 aromatic rings. The smallest absolute Gasteiger partial charge is 0.338 e. The SMILES string of the molecule is O=C(OC[C@H]1O[C@H](O)[C@H](OC(=O)c2ccccc2)[C@@H](OC(=O)c2ccccc2)[C@@H]1S)c1ccccc1. The van der Waals surface area contributed by atoms with E-state index in [-0.39, 0.29) is 17.7 Å². The van der Waals surface area contributed by atoms with Crippen molar-refractivity contribution in [3.8, 4) is 0 Å². The van der Waals surface area contributed by atoms with Crippen LogP contribution in [0.3, 0.4) is 0 Å². The van der Waals surface area contributed by atoms with Gasteiger partial charge in [0.15, 0.2) is 18.5 Å². The highest BCUT2D eigenvalue weighted by Crippen LogP contribution is 2.30. The Kier molecular flexibility index (Phi) is 8.37. The number of aliphatic hydroxyl groups excluding tert-OH is 1. The summed E-state index contributed by atoms with van der Waals surface area (Å²) in [6.07, 6.45) is -5.22. The van der Waals surface area contributed by atoms with E-state index in [2.05, 4.69) is 12.6 Å². The third-order valence-corrected chi connectivity index (χ3v) is 6.16. The molecule has 8 nitrogen and oxygen atoms in total. The number of hydrogen-bond donors (Lipinski definition) is 2. The van der Waals surface area contributed by atoms with Gasteiger partial charge >= 0.3 is 17.9 Å². The average molecular weight is 509 g/mol. The minimum Gasteiger partial charge on any atom is -0.459 e. The van der Waals surface area contributed by atoms with Crippen LogP contribution in [0.5, 0.6) is 0 Å². The Bertz CT molecular complexity index is 1170. The Labute approximate surface area is 213 Å². The average Bonchev–Trinajstić information content (AvgIpc) is 2.92. The lowest BCUT2D eigenvalue weighted by molar-refractivity contribution is -0.247. The second-order valence-corrected chi connectivity index (χ2v) is 8.59. The summed E-state index contributed by atoms with van der Waals surface area (Å²) in [5.74, 6) is -2.03. The van der Waals surface area contributed by atoms with Crippen molar-refractivity contribution in [1.29, 1.82) is 0 Å². The van der Waals surface area contributed by atoms with Gasteiger partial charge in [0.05, 0.1) is 21.9 Å². The van der Waals surface area contributed by atoms with Crippen LogP contribution in [0.2, 0.25) is 0 Å². The van der Waals surface area contributed by atoms with Gasteiger partial charge in [0.25, 0.3) is 0 Å². The van der Waals surface area contributed by atoms with E-state index in [4.69, 9.17) is 18.9 Å². The number of rotatable bonds is 7. The van der Waals surface area contributed by atoms with Crippen molar-refractivity contribution in [2.45, 2.75) is 29.9 Å². The van der Waals surface area contributed by atoms with Crippen molar-refractivity contribution >= 4 is 30.5 Å². The number of benzene rings is 3. The predicted octanol–water partition coefficient (Wildman–Crippen LogP) is 3.31. The topological polar surface area (TPSA) is 108 Å². The maximum Gasteiger partial charge on any atom is 0.338 e. The van der Waals surface area contributed by atoms with E-state index < -0.39 is 47.8 Å². The van der Waals surface area contributed by atoms with Crippen LogP contribution in [-0.2, 0) is 18.9 Å². The van der Waals surface area contributed by atoms with E-state index in [0.717, 1.165) is 0 Å². The Balaban J connectivity index is 1.52. The maximum atomic E-state index is 12.8. The summed E-state index contributed by atoms with van der Waals surface area (Å²) in [6, 6.07) is 24.7. The molecule has 0 aliphatic carbocycles. The largest absolute Gasteiger partial charge is 0.459 e. The number of ether oxygens (including phenoxy) is 4. The third-order valence-electron chi connectivity index (χ3n) is 5.53. The first-order valence-corrected chi connectivity index (χ1v) is 11.7. The summed E-state index contributed by atoms with van der Waals surface area (Å²) >= 11 is 4.54. The van der Waals surface area contributed by atoms with Gasteiger partial charge in [0.1, 0.15) is 12.7 Å². The highest BCUT2D eigenvalue weighted by Gasteiger charge is 2.49. The molecule has 1 N–H and O–H groups in total. The van der Waals surface area contributed by atoms with Gasteiger partial charge < -0.3 is 24.1 Å². The first-order chi connectivity index (χ1) is 17.4. The molecule has 9 heteroatoms. The fourth-order valence-electron chi connectivity index (χ4n) is 3.65. The van der Waals surface area contributed by atoms with Gasteiger partial charge in [-0.15, -0.1) is 0 Å². The van der Waals surface area contributed by atoms with Crippen LogP contribution in [0.15, 0.2) is 91.0 Å². The molecule has 0 aromatic heterocycles. The van der Waals surface area contributed by atoms with Crippen molar-refractivity contribution in [2.75, 3.05) is 6.61 Å². The van der Waals surface area contributed by atoms with Gasteiger partial charge in [-0.2, -0.15) is 12.6 Å². The summed E-state index contributed by atoms with van der Waals surface area (Å²) in [5, 5.41) is 9.82. The monoisotopic (exact) mass is 508 g/mol. The second kappa shape index (κ2) is 11.9. The number of aliphatic hydroxyl groups is 1. The number of carbonyl (C=O) groups excluding carboxylic acids is 3. The molecule has 0 radical (unpaired) electrons. The highest BCUT2D eigenvalue weighted by atomic mass is 32.1. The third kappa shape index (κ3) is 6.12. The molecule has 0 spiro atoms. The summed E-state index contributed by atoms with van der Waals surface area (Å²) < 4.78 is 22.1. The molecule has 186 valence electrons. The summed E-state index contributed by atoms with van der Waals surface area (Å²) in [5.41, 5.74) is 0.845. The van der Waals surface area contributed by atoms with Gasteiger partial charge in [0, 0.05) is 0 Å². The van der Waals surface area contributed by atoms with Crippen molar-refractivity contribution in [3.05, 3.63) is 108 Å². The normalized spacial score (nSPS) is 23.3. The van der Waals surface area contributed by atoms with Gasteiger partial charge in [-0.05, 0) is 36.4 Å². The van der Waals surface area contributed by atoms with E-state index in [9.17, 15) is 19.5 Å². The fraction of sp³-hybridized carbons (Fsp3) is 0.222. The molecule has 1 aliphatic rings. The molecule has 0 bridgehead atoms. The minimum absolute atomic E-state index is 0.243. The van der Waals surface area contributed by atoms with Gasteiger partial charge in [-0.3, -0.25) is 0 Å². The van der Waals surface area contributed by atoms with Crippen molar-refractivity contribution in [1.82, 2.24) is 0 Å². The number of thiol groups is 1. The number of carbonyl (C=O) groups is 3. The van der Waals surface area contributed by atoms with Crippen molar-refractivity contribution < 1.29 is 38.4 Å². The van der Waals surface area contributed by atoms with Crippen LogP contribution in [0.25, 0.3) is 0 Å². The molecule has 1 fully saturated rings.